The lowest BCUT2D eigenvalue weighted by molar-refractivity contribution is -0.148. The molecular weight excluding hydrogens is 260 g/mol. The Bertz CT molecular complexity index is 528. The molecule has 0 saturated heterocycles. The number of aromatic nitrogens is 1. The van der Waals surface area contributed by atoms with Crippen molar-refractivity contribution in [3.63, 3.8) is 0 Å². The molecule has 0 aliphatic heterocycles. The van der Waals surface area contributed by atoms with E-state index in [1.54, 1.807) is 13.1 Å². The smallest absolute Gasteiger partial charge is 0.332 e. The summed E-state index contributed by atoms with van der Waals surface area (Å²) in [4.78, 5) is 16.3. The monoisotopic (exact) mass is 276 g/mol. The molecule has 0 fully saturated rings. The Balaban J connectivity index is 2.18. The normalized spacial score (nSPS) is 13.8. The zero-order chi connectivity index (χ0) is 13.7. The van der Waals surface area contributed by atoms with Crippen molar-refractivity contribution in [2.45, 2.75) is 19.0 Å². The maximum Gasteiger partial charge on any atom is 0.332 e. The van der Waals surface area contributed by atoms with E-state index >= 15 is 0 Å². The molecular formula is C14H16N2O2S. The molecule has 1 heterocycles. The third-order valence-corrected chi connectivity index (χ3v) is 3.94. The van der Waals surface area contributed by atoms with Gasteiger partial charge in [-0.15, -0.1) is 11.3 Å². The van der Waals surface area contributed by atoms with Crippen LogP contribution in [-0.2, 0) is 21.6 Å². The predicted molar refractivity (Wildman–Crippen MR) is 74.8 cm³/mol. The van der Waals surface area contributed by atoms with Gasteiger partial charge in [-0.05, 0) is 12.5 Å². The van der Waals surface area contributed by atoms with Crippen LogP contribution in [0.1, 0.15) is 17.5 Å². The minimum atomic E-state index is -0.918. The van der Waals surface area contributed by atoms with Crippen molar-refractivity contribution in [3.8, 4) is 0 Å². The molecule has 1 unspecified atom stereocenters. The third-order valence-electron chi connectivity index (χ3n) is 2.94. The molecule has 0 aliphatic rings. The number of rotatable bonds is 5. The van der Waals surface area contributed by atoms with Gasteiger partial charge in [0.2, 0.25) is 0 Å². The lowest BCUT2D eigenvalue weighted by Crippen LogP contribution is -2.47. The Morgan fingerprint density at radius 3 is 2.74 bits per heavy atom. The van der Waals surface area contributed by atoms with Gasteiger partial charge in [-0.2, -0.15) is 0 Å². The van der Waals surface area contributed by atoms with Gasteiger partial charge in [-0.3, -0.25) is 5.32 Å². The highest BCUT2D eigenvalue weighted by atomic mass is 32.1. The van der Waals surface area contributed by atoms with Gasteiger partial charge in [0.05, 0.1) is 7.11 Å². The summed E-state index contributed by atoms with van der Waals surface area (Å²) in [5.74, 6) is -0.335. The number of nitrogens with zero attached hydrogens (tertiary/aromatic N) is 1. The molecule has 4 nitrogen and oxygen atoms in total. The summed E-state index contributed by atoms with van der Waals surface area (Å²) in [7, 11) is 1.39. The second-order valence-electron chi connectivity index (χ2n) is 4.29. The fraction of sp³-hybridized carbons (Fsp3) is 0.286. The number of thiazole rings is 1. The van der Waals surface area contributed by atoms with E-state index in [-0.39, 0.29) is 5.97 Å². The second kappa shape index (κ2) is 5.95. The summed E-state index contributed by atoms with van der Waals surface area (Å²) in [5.41, 5.74) is 0.188. The van der Waals surface area contributed by atoms with Crippen LogP contribution in [0.15, 0.2) is 41.9 Å². The zero-order valence-corrected chi connectivity index (χ0v) is 11.7. The summed E-state index contributed by atoms with van der Waals surface area (Å²) in [5, 5.41) is 5.79. The van der Waals surface area contributed by atoms with Crippen LogP contribution >= 0.6 is 11.3 Å². The fourth-order valence-electron chi connectivity index (χ4n) is 1.78. The quantitative estimate of drug-likeness (QED) is 0.852. The van der Waals surface area contributed by atoms with Gasteiger partial charge in [0.1, 0.15) is 5.01 Å². The molecule has 1 aromatic carbocycles. The van der Waals surface area contributed by atoms with E-state index in [1.807, 2.05) is 35.7 Å². The molecule has 0 spiro atoms. The van der Waals surface area contributed by atoms with Crippen LogP contribution in [0.3, 0.4) is 0 Å². The van der Waals surface area contributed by atoms with Crippen molar-refractivity contribution < 1.29 is 9.53 Å². The molecule has 1 aromatic heterocycles. The number of esters is 1. The number of methoxy groups -OCH3 is 1. The van der Waals surface area contributed by atoms with E-state index < -0.39 is 5.54 Å². The molecule has 19 heavy (non-hydrogen) atoms. The average molecular weight is 276 g/mol. The lowest BCUT2D eigenvalue weighted by atomic mass is 10.0. The van der Waals surface area contributed by atoms with Crippen LogP contribution in [0.4, 0.5) is 0 Å². The van der Waals surface area contributed by atoms with Gasteiger partial charge in [0.15, 0.2) is 5.54 Å². The first-order chi connectivity index (χ1) is 9.16. The molecule has 2 aromatic rings. The molecule has 5 heteroatoms. The number of ether oxygens (including phenoxy) is 1. The summed E-state index contributed by atoms with van der Waals surface area (Å²) in [6.45, 7) is 2.37. The summed E-state index contributed by atoms with van der Waals surface area (Å²) >= 11 is 1.43. The van der Waals surface area contributed by atoms with Gasteiger partial charge in [-0.25, -0.2) is 9.78 Å². The van der Waals surface area contributed by atoms with Crippen LogP contribution in [0, 0.1) is 0 Å². The van der Waals surface area contributed by atoms with Crippen molar-refractivity contribution in [1.82, 2.24) is 10.3 Å². The Morgan fingerprint density at radius 2 is 2.16 bits per heavy atom. The maximum atomic E-state index is 12.0. The first-order valence-corrected chi connectivity index (χ1v) is 6.82. The lowest BCUT2D eigenvalue weighted by Gasteiger charge is -2.25. The predicted octanol–water partition coefficient (Wildman–Crippen LogP) is 2.32. The SMILES string of the molecule is COC(=O)C(C)(NCc1ccccc1)c1nccs1. The summed E-state index contributed by atoms with van der Waals surface area (Å²) < 4.78 is 4.89. The van der Waals surface area contributed by atoms with Gasteiger partial charge in [0.25, 0.3) is 0 Å². The standard InChI is InChI=1S/C14H16N2O2S/c1-14(13(17)18-2,12-15-8-9-19-12)16-10-11-6-4-3-5-7-11/h3-9,16H,10H2,1-2H3. The number of benzene rings is 1. The maximum absolute atomic E-state index is 12.0. The molecule has 0 saturated carbocycles. The van der Waals surface area contributed by atoms with Gasteiger partial charge in [-0.1, -0.05) is 30.3 Å². The number of hydrogen-bond donors (Lipinski definition) is 1. The Hall–Kier alpha value is -1.72. The molecule has 0 aliphatic carbocycles. The van der Waals surface area contributed by atoms with Crippen LogP contribution < -0.4 is 5.32 Å². The second-order valence-corrected chi connectivity index (χ2v) is 5.19. The van der Waals surface area contributed by atoms with E-state index in [2.05, 4.69) is 10.3 Å². The number of nitrogens with one attached hydrogen (secondary N) is 1. The largest absolute Gasteiger partial charge is 0.467 e. The highest BCUT2D eigenvalue weighted by Crippen LogP contribution is 2.24. The first kappa shape index (κ1) is 13.7. The van der Waals surface area contributed by atoms with Crippen LogP contribution in [0.25, 0.3) is 0 Å². The minimum Gasteiger partial charge on any atom is -0.467 e. The molecule has 0 radical (unpaired) electrons. The molecule has 0 bridgehead atoms. The Morgan fingerprint density at radius 1 is 1.42 bits per heavy atom. The van der Waals surface area contributed by atoms with Crippen molar-refractivity contribution in [2.75, 3.05) is 7.11 Å². The first-order valence-electron chi connectivity index (χ1n) is 5.94. The topological polar surface area (TPSA) is 51.2 Å². The van der Waals surface area contributed by atoms with Gasteiger partial charge in [0, 0.05) is 18.1 Å². The highest BCUT2D eigenvalue weighted by molar-refractivity contribution is 7.09. The third kappa shape index (κ3) is 3.00. The molecule has 1 N–H and O–H groups in total. The summed E-state index contributed by atoms with van der Waals surface area (Å²) in [6, 6.07) is 9.91. The highest BCUT2D eigenvalue weighted by Gasteiger charge is 2.38. The van der Waals surface area contributed by atoms with Crippen molar-refractivity contribution in [2.24, 2.45) is 0 Å². The van der Waals surface area contributed by atoms with E-state index in [0.717, 1.165) is 5.56 Å². The van der Waals surface area contributed by atoms with Crippen LogP contribution in [0.2, 0.25) is 0 Å². The van der Waals surface area contributed by atoms with Gasteiger partial charge >= 0.3 is 5.97 Å². The summed E-state index contributed by atoms with van der Waals surface area (Å²) in [6.07, 6.45) is 1.69. The molecule has 100 valence electrons. The number of carbonyl (C=O) groups is 1. The van der Waals surface area contributed by atoms with Crippen molar-refractivity contribution >= 4 is 17.3 Å². The molecule has 1 atom stereocenters. The van der Waals surface area contributed by atoms with Crippen molar-refractivity contribution in [3.05, 3.63) is 52.5 Å². The van der Waals surface area contributed by atoms with Crippen molar-refractivity contribution in [1.29, 1.82) is 0 Å². The Labute approximate surface area is 116 Å². The van der Waals surface area contributed by atoms with E-state index in [0.29, 0.717) is 11.6 Å². The average Bonchev–Trinajstić information content (AvgIpc) is 2.99. The van der Waals surface area contributed by atoms with Crippen LogP contribution in [-0.4, -0.2) is 18.1 Å². The molecule has 2 rings (SSSR count). The fourth-order valence-corrected chi connectivity index (χ4v) is 2.55. The van der Waals surface area contributed by atoms with Crippen LogP contribution in [0.5, 0.6) is 0 Å². The number of carbonyl (C=O) groups excluding carboxylic acids is 1. The van der Waals surface area contributed by atoms with E-state index in [4.69, 9.17) is 4.74 Å². The minimum absolute atomic E-state index is 0.335. The zero-order valence-electron chi connectivity index (χ0n) is 10.9. The molecule has 0 amide bonds. The van der Waals surface area contributed by atoms with Gasteiger partial charge < -0.3 is 4.74 Å². The van der Waals surface area contributed by atoms with E-state index in [9.17, 15) is 4.79 Å². The Kier molecular flexibility index (Phi) is 4.29. The van der Waals surface area contributed by atoms with E-state index in [1.165, 1.54) is 18.4 Å². The number of hydrogen-bond acceptors (Lipinski definition) is 5.